The highest BCUT2D eigenvalue weighted by Crippen LogP contribution is 2.27. The van der Waals surface area contributed by atoms with Gasteiger partial charge in [0.15, 0.2) is 0 Å². The normalized spacial score (nSPS) is 19.4. The Balaban J connectivity index is 1.53. The van der Waals surface area contributed by atoms with E-state index < -0.39 is 0 Å². The first-order valence-electron chi connectivity index (χ1n) is 9.25. The quantitative estimate of drug-likeness (QED) is 0.856. The third-order valence-electron chi connectivity index (χ3n) is 5.34. The summed E-state index contributed by atoms with van der Waals surface area (Å²) in [5, 5.41) is 0. The lowest BCUT2D eigenvalue weighted by Gasteiger charge is -2.24. The molecule has 1 aliphatic carbocycles. The maximum atomic E-state index is 12.6. The fraction of sp³-hybridized carbons (Fsp3) is 0.600. The van der Waals surface area contributed by atoms with E-state index in [0.29, 0.717) is 25.4 Å². The first-order valence-corrected chi connectivity index (χ1v) is 9.25. The van der Waals surface area contributed by atoms with Gasteiger partial charge in [-0.2, -0.15) is 0 Å². The molecular formula is C20H28N2O2. The zero-order valence-corrected chi connectivity index (χ0v) is 14.7. The second kappa shape index (κ2) is 7.82. The molecule has 3 rings (SSSR count). The molecule has 0 N–H and O–H groups in total. The van der Waals surface area contributed by atoms with Crippen LogP contribution in [0.25, 0.3) is 0 Å². The van der Waals surface area contributed by atoms with E-state index in [1.54, 1.807) is 0 Å². The van der Waals surface area contributed by atoms with E-state index in [0.717, 1.165) is 37.9 Å². The second-order valence-corrected chi connectivity index (χ2v) is 7.20. The van der Waals surface area contributed by atoms with Crippen molar-refractivity contribution in [3.8, 4) is 0 Å². The van der Waals surface area contributed by atoms with Crippen LogP contribution in [0, 0.1) is 12.8 Å². The number of rotatable bonds is 3. The molecule has 0 bridgehead atoms. The molecule has 0 spiro atoms. The highest BCUT2D eigenvalue weighted by atomic mass is 16.2. The molecule has 130 valence electrons. The number of benzene rings is 1. The van der Waals surface area contributed by atoms with Gasteiger partial charge in [-0.15, -0.1) is 0 Å². The maximum absolute atomic E-state index is 12.6. The van der Waals surface area contributed by atoms with Gasteiger partial charge in [-0.25, -0.2) is 0 Å². The summed E-state index contributed by atoms with van der Waals surface area (Å²) in [6.07, 6.45) is 5.81. The molecular weight excluding hydrogens is 300 g/mol. The maximum Gasteiger partial charge on any atom is 0.227 e. The van der Waals surface area contributed by atoms with Crippen molar-refractivity contribution >= 4 is 11.8 Å². The predicted molar refractivity (Wildman–Crippen MR) is 94.6 cm³/mol. The van der Waals surface area contributed by atoms with E-state index in [2.05, 4.69) is 6.92 Å². The van der Waals surface area contributed by atoms with Crippen molar-refractivity contribution in [3.05, 3.63) is 35.4 Å². The van der Waals surface area contributed by atoms with E-state index >= 15 is 0 Å². The summed E-state index contributed by atoms with van der Waals surface area (Å²) in [5.74, 6) is 0.731. The minimum absolute atomic E-state index is 0.175. The minimum atomic E-state index is 0.175. The van der Waals surface area contributed by atoms with Gasteiger partial charge in [0.25, 0.3) is 0 Å². The smallest absolute Gasteiger partial charge is 0.227 e. The van der Waals surface area contributed by atoms with Gasteiger partial charge in [0, 0.05) is 32.1 Å². The number of carbonyl (C=O) groups is 2. The molecule has 0 atom stereocenters. The summed E-state index contributed by atoms with van der Waals surface area (Å²) < 4.78 is 0. The SMILES string of the molecule is Cc1ccc(CC(=O)N2CCCN(C(=O)C3CCCC3)CC2)cc1. The number of hydrogen-bond acceptors (Lipinski definition) is 2. The molecule has 0 aromatic heterocycles. The van der Waals surface area contributed by atoms with Crippen LogP contribution in [0.5, 0.6) is 0 Å². The van der Waals surface area contributed by atoms with Crippen molar-refractivity contribution in [1.82, 2.24) is 9.80 Å². The first kappa shape index (κ1) is 17.0. The Labute approximate surface area is 144 Å². The van der Waals surface area contributed by atoms with Crippen LogP contribution in [0.3, 0.4) is 0 Å². The Morgan fingerprint density at radius 3 is 2.25 bits per heavy atom. The molecule has 2 fully saturated rings. The summed E-state index contributed by atoms with van der Waals surface area (Å²) in [6, 6.07) is 8.15. The van der Waals surface area contributed by atoms with Crippen molar-refractivity contribution in [2.45, 2.75) is 45.4 Å². The molecule has 1 heterocycles. The summed E-state index contributed by atoms with van der Waals surface area (Å²) in [4.78, 5) is 29.1. The molecule has 1 aromatic rings. The van der Waals surface area contributed by atoms with Crippen LogP contribution in [-0.4, -0.2) is 47.8 Å². The largest absolute Gasteiger partial charge is 0.341 e. The van der Waals surface area contributed by atoms with E-state index in [9.17, 15) is 9.59 Å². The van der Waals surface area contributed by atoms with Gasteiger partial charge in [0.2, 0.25) is 11.8 Å². The zero-order valence-electron chi connectivity index (χ0n) is 14.7. The summed E-state index contributed by atoms with van der Waals surface area (Å²) in [7, 11) is 0. The zero-order chi connectivity index (χ0) is 16.9. The number of hydrogen-bond donors (Lipinski definition) is 0. The number of amides is 2. The fourth-order valence-corrected chi connectivity index (χ4v) is 3.81. The Kier molecular flexibility index (Phi) is 5.54. The third-order valence-corrected chi connectivity index (χ3v) is 5.34. The average molecular weight is 328 g/mol. The number of aryl methyl sites for hydroxylation is 1. The Morgan fingerprint density at radius 1 is 0.917 bits per heavy atom. The molecule has 0 unspecified atom stereocenters. The summed E-state index contributed by atoms with van der Waals surface area (Å²) in [6.45, 7) is 4.97. The highest BCUT2D eigenvalue weighted by Gasteiger charge is 2.29. The molecule has 1 saturated carbocycles. The van der Waals surface area contributed by atoms with E-state index in [4.69, 9.17) is 0 Å². The van der Waals surface area contributed by atoms with Crippen LogP contribution in [-0.2, 0) is 16.0 Å². The van der Waals surface area contributed by atoms with Crippen molar-refractivity contribution in [2.75, 3.05) is 26.2 Å². The van der Waals surface area contributed by atoms with Crippen LogP contribution in [0.1, 0.15) is 43.2 Å². The van der Waals surface area contributed by atoms with Gasteiger partial charge < -0.3 is 9.80 Å². The topological polar surface area (TPSA) is 40.6 Å². The Morgan fingerprint density at radius 2 is 1.54 bits per heavy atom. The van der Waals surface area contributed by atoms with Gasteiger partial charge in [-0.05, 0) is 31.7 Å². The third kappa shape index (κ3) is 4.16. The lowest BCUT2D eigenvalue weighted by atomic mass is 10.1. The Hall–Kier alpha value is -1.84. The predicted octanol–water partition coefficient (Wildman–Crippen LogP) is 2.79. The van der Waals surface area contributed by atoms with E-state index in [1.165, 1.54) is 18.4 Å². The van der Waals surface area contributed by atoms with Crippen molar-refractivity contribution in [2.24, 2.45) is 5.92 Å². The molecule has 1 saturated heterocycles. The summed E-state index contributed by atoms with van der Waals surface area (Å²) >= 11 is 0. The van der Waals surface area contributed by atoms with Gasteiger partial charge in [-0.3, -0.25) is 9.59 Å². The lowest BCUT2D eigenvalue weighted by molar-refractivity contribution is -0.136. The van der Waals surface area contributed by atoms with Gasteiger partial charge >= 0.3 is 0 Å². The summed E-state index contributed by atoms with van der Waals surface area (Å²) in [5.41, 5.74) is 2.27. The minimum Gasteiger partial charge on any atom is -0.341 e. The lowest BCUT2D eigenvalue weighted by Crippen LogP contribution is -2.39. The number of nitrogens with zero attached hydrogens (tertiary/aromatic N) is 2. The van der Waals surface area contributed by atoms with Crippen LogP contribution in [0.15, 0.2) is 24.3 Å². The van der Waals surface area contributed by atoms with E-state index in [-0.39, 0.29) is 11.8 Å². The second-order valence-electron chi connectivity index (χ2n) is 7.20. The molecule has 4 nitrogen and oxygen atoms in total. The first-order chi connectivity index (χ1) is 11.6. The molecule has 2 aliphatic rings. The average Bonchev–Trinajstić information content (AvgIpc) is 3.00. The van der Waals surface area contributed by atoms with Crippen LogP contribution < -0.4 is 0 Å². The Bertz CT molecular complexity index is 576. The standard InChI is InChI=1S/C20H28N2O2/c1-16-7-9-17(10-8-16)15-19(23)21-11-4-12-22(14-13-21)20(24)18-5-2-3-6-18/h7-10,18H,2-6,11-15H2,1H3. The molecule has 1 aliphatic heterocycles. The molecule has 0 radical (unpaired) electrons. The van der Waals surface area contributed by atoms with Crippen molar-refractivity contribution < 1.29 is 9.59 Å². The molecule has 4 heteroatoms. The van der Waals surface area contributed by atoms with Crippen LogP contribution in [0.4, 0.5) is 0 Å². The van der Waals surface area contributed by atoms with Gasteiger partial charge in [0.05, 0.1) is 6.42 Å². The van der Waals surface area contributed by atoms with Gasteiger partial charge in [-0.1, -0.05) is 42.7 Å². The molecule has 2 amide bonds. The fourth-order valence-electron chi connectivity index (χ4n) is 3.81. The van der Waals surface area contributed by atoms with E-state index in [1.807, 2.05) is 34.1 Å². The van der Waals surface area contributed by atoms with Crippen molar-refractivity contribution in [3.63, 3.8) is 0 Å². The molecule has 24 heavy (non-hydrogen) atoms. The number of carbonyl (C=O) groups excluding carboxylic acids is 2. The van der Waals surface area contributed by atoms with Crippen molar-refractivity contribution in [1.29, 1.82) is 0 Å². The van der Waals surface area contributed by atoms with Gasteiger partial charge in [0.1, 0.15) is 0 Å². The van der Waals surface area contributed by atoms with Crippen LogP contribution >= 0.6 is 0 Å². The monoisotopic (exact) mass is 328 g/mol. The highest BCUT2D eigenvalue weighted by molar-refractivity contribution is 5.80. The van der Waals surface area contributed by atoms with Crippen LogP contribution in [0.2, 0.25) is 0 Å². The molecule has 1 aromatic carbocycles.